The van der Waals surface area contributed by atoms with Crippen molar-refractivity contribution in [1.82, 2.24) is 10.2 Å². The number of nitrogens with zero attached hydrogens (tertiary/aromatic N) is 1. The summed E-state index contributed by atoms with van der Waals surface area (Å²) in [5.74, 6) is -0.393. The van der Waals surface area contributed by atoms with Crippen molar-refractivity contribution in [1.29, 1.82) is 0 Å². The first kappa shape index (κ1) is 13.8. The molecule has 1 aliphatic rings. The number of nitrogens with one attached hydrogen (secondary N) is 1. The average Bonchev–Trinajstić information content (AvgIpc) is 2.72. The maximum atomic E-state index is 11.7. The zero-order valence-corrected chi connectivity index (χ0v) is 11.8. The van der Waals surface area contributed by atoms with E-state index in [9.17, 15) is 9.59 Å². The Balaban J connectivity index is 2.19. The summed E-state index contributed by atoms with van der Waals surface area (Å²) in [4.78, 5) is 26.2. The number of ether oxygens (including phenoxy) is 1. The summed E-state index contributed by atoms with van der Waals surface area (Å²) in [6.07, 6.45) is 0.713. The molecule has 0 unspecified atom stereocenters. The fourth-order valence-corrected chi connectivity index (χ4v) is 3.37. The van der Waals surface area contributed by atoms with Crippen LogP contribution in [0.5, 0.6) is 0 Å². The molecule has 0 spiro atoms. The monoisotopic (exact) mass is 283 g/mol. The highest BCUT2D eigenvalue weighted by atomic mass is 32.1. The van der Waals surface area contributed by atoms with Gasteiger partial charge >= 0.3 is 5.97 Å². The van der Waals surface area contributed by atoms with Crippen molar-refractivity contribution in [2.75, 3.05) is 33.0 Å². The van der Waals surface area contributed by atoms with Crippen LogP contribution in [0.15, 0.2) is 0 Å². The molecule has 2 heterocycles. The molecule has 1 aromatic heterocycles. The van der Waals surface area contributed by atoms with Gasteiger partial charge in [-0.3, -0.25) is 9.69 Å². The van der Waals surface area contributed by atoms with Crippen LogP contribution in [0, 0.1) is 0 Å². The van der Waals surface area contributed by atoms with E-state index in [-0.39, 0.29) is 11.9 Å². The maximum Gasteiger partial charge on any atom is 0.341 e. The topological polar surface area (TPSA) is 84.7 Å². The lowest BCUT2D eigenvalue weighted by molar-refractivity contribution is -0.121. The van der Waals surface area contributed by atoms with Gasteiger partial charge in [-0.2, -0.15) is 0 Å². The molecule has 0 aliphatic carbocycles. The van der Waals surface area contributed by atoms with Gasteiger partial charge in [-0.25, -0.2) is 4.79 Å². The molecule has 1 amide bonds. The fraction of sp³-hybridized carbons (Fsp3) is 0.500. The first-order valence-electron chi connectivity index (χ1n) is 5.98. The number of esters is 1. The van der Waals surface area contributed by atoms with E-state index < -0.39 is 0 Å². The number of likely N-dealkylation sites (N-methyl/N-ethyl adjacent to an activating group) is 1. The van der Waals surface area contributed by atoms with Crippen LogP contribution in [0.25, 0.3) is 0 Å². The predicted molar refractivity (Wildman–Crippen MR) is 73.1 cm³/mol. The van der Waals surface area contributed by atoms with Crippen LogP contribution >= 0.6 is 11.3 Å². The smallest absolute Gasteiger partial charge is 0.341 e. The summed E-state index contributed by atoms with van der Waals surface area (Å²) in [6.45, 7) is 1.75. The molecule has 0 saturated heterocycles. The second-order valence-corrected chi connectivity index (χ2v) is 5.51. The van der Waals surface area contributed by atoms with Crippen molar-refractivity contribution >= 4 is 28.2 Å². The Morgan fingerprint density at radius 2 is 2.26 bits per heavy atom. The van der Waals surface area contributed by atoms with E-state index in [2.05, 4.69) is 5.32 Å². The van der Waals surface area contributed by atoms with Crippen LogP contribution in [0.3, 0.4) is 0 Å². The van der Waals surface area contributed by atoms with Gasteiger partial charge in [0.15, 0.2) is 0 Å². The van der Waals surface area contributed by atoms with E-state index in [4.69, 9.17) is 10.5 Å². The third-order valence-electron chi connectivity index (χ3n) is 3.20. The van der Waals surface area contributed by atoms with Crippen molar-refractivity contribution in [3.63, 3.8) is 0 Å². The summed E-state index contributed by atoms with van der Waals surface area (Å²) in [5.41, 5.74) is 7.37. The number of nitrogens with two attached hydrogens (primary N) is 1. The Bertz CT molecular complexity index is 513. The van der Waals surface area contributed by atoms with Gasteiger partial charge < -0.3 is 15.8 Å². The SMILES string of the molecule is CNC(=O)CN1CCc2c(sc(N)c2C(=O)OC)C1. The molecule has 0 fully saturated rings. The molecule has 2 rings (SSSR count). The molecule has 0 bridgehead atoms. The van der Waals surface area contributed by atoms with Gasteiger partial charge in [0.25, 0.3) is 0 Å². The minimum atomic E-state index is -0.380. The largest absolute Gasteiger partial charge is 0.465 e. The second-order valence-electron chi connectivity index (χ2n) is 4.37. The number of carbonyl (C=O) groups excluding carboxylic acids is 2. The number of rotatable bonds is 3. The van der Waals surface area contributed by atoms with Crippen molar-refractivity contribution in [3.8, 4) is 0 Å². The molecule has 1 aliphatic heterocycles. The van der Waals surface area contributed by atoms with Gasteiger partial charge in [-0.15, -0.1) is 11.3 Å². The first-order chi connectivity index (χ1) is 9.06. The van der Waals surface area contributed by atoms with Crippen LogP contribution < -0.4 is 11.1 Å². The standard InChI is InChI=1S/C12H17N3O3S/c1-14-9(16)6-15-4-3-7-8(5-15)19-11(13)10(7)12(17)18-2/h3-6,13H2,1-2H3,(H,14,16). The Kier molecular flexibility index (Phi) is 4.06. The number of carbonyl (C=O) groups is 2. The molecular formula is C12H17N3O3S. The molecule has 0 aromatic carbocycles. The molecule has 0 atom stereocenters. The van der Waals surface area contributed by atoms with Crippen molar-refractivity contribution in [2.45, 2.75) is 13.0 Å². The molecular weight excluding hydrogens is 266 g/mol. The van der Waals surface area contributed by atoms with E-state index in [1.165, 1.54) is 18.4 Å². The summed E-state index contributed by atoms with van der Waals surface area (Å²) in [6, 6.07) is 0. The van der Waals surface area contributed by atoms with Gasteiger partial charge in [-0.05, 0) is 12.0 Å². The van der Waals surface area contributed by atoms with Crippen LogP contribution in [0.2, 0.25) is 0 Å². The number of thiophene rings is 1. The molecule has 104 valence electrons. The molecule has 3 N–H and O–H groups in total. The Morgan fingerprint density at radius 3 is 2.89 bits per heavy atom. The number of anilines is 1. The van der Waals surface area contributed by atoms with E-state index in [1.54, 1.807) is 7.05 Å². The highest BCUT2D eigenvalue weighted by Crippen LogP contribution is 2.35. The van der Waals surface area contributed by atoms with E-state index in [1.807, 2.05) is 4.90 Å². The molecule has 0 radical (unpaired) electrons. The van der Waals surface area contributed by atoms with Crippen molar-refractivity contribution in [3.05, 3.63) is 16.0 Å². The van der Waals surface area contributed by atoms with Crippen LogP contribution in [-0.2, 0) is 22.5 Å². The number of hydrogen-bond acceptors (Lipinski definition) is 6. The molecule has 1 aromatic rings. The van der Waals surface area contributed by atoms with Gasteiger partial charge in [0.05, 0.1) is 19.2 Å². The highest BCUT2D eigenvalue weighted by Gasteiger charge is 2.27. The lowest BCUT2D eigenvalue weighted by Crippen LogP contribution is -2.38. The summed E-state index contributed by atoms with van der Waals surface area (Å²) in [5, 5.41) is 3.10. The third kappa shape index (κ3) is 2.71. The van der Waals surface area contributed by atoms with Gasteiger partial charge in [0.2, 0.25) is 5.91 Å². The maximum absolute atomic E-state index is 11.7. The molecule has 19 heavy (non-hydrogen) atoms. The lowest BCUT2D eigenvalue weighted by atomic mass is 10.0. The van der Waals surface area contributed by atoms with Crippen LogP contribution in [-0.4, -0.2) is 44.0 Å². The number of fused-ring (bicyclic) bond motifs is 1. The molecule has 0 saturated carbocycles. The van der Waals surface area contributed by atoms with Gasteiger partial charge in [-0.1, -0.05) is 0 Å². The number of amides is 1. The second kappa shape index (κ2) is 5.58. The molecule has 7 heteroatoms. The number of nitrogen functional groups attached to an aromatic ring is 1. The normalized spacial score (nSPS) is 14.8. The minimum absolute atomic E-state index is 0.0128. The molecule has 6 nitrogen and oxygen atoms in total. The summed E-state index contributed by atoms with van der Waals surface area (Å²) < 4.78 is 4.76. The first-order valence-corrected chi connectivity index (χ1v) is 6.79. The third-order valence-corrected chi connectivity index (χ3v) is 4.24. The zero-order valence-electron chi connectivity index (χ0n) is 11.0. The summed E-state index contributed by atoms with van der Waals surface area (Å²) in [7, 11) is 2.97. The Labute approximate surface area is 115 Å². The zero-order chi connectivity index (χ0) is 14.0. The number of hydrogen-bond donors (Lipinski definition) is 2. The van der Waals surface area contributed by atoms with Crippen LogP contribution in [0.4, 0.5) is 5.00 Å². The van der Waals surface area contributed by atoms with Gasteiger partial charge in [0, 0.05) is 25.0 Å². The predicted octanol–water partition coefficient (Wildman–Crippen LogP) is 0.221. The Morgan fingerprint density at radius 1 is 1.53 bits per heavy atom. The fourth-order valence-electron chi connectivity index (χ4n) is 2.22. The van der Waals surface area contributed by atoms with E-state index >= 15 is 0 Å². The van der Waals surface area contributed by atoms with E-state index in [0.717, 1.165) is 17.0 Å². The lowest BCUT2D eigenvalue weighted by Gasteiger charge is -2.26. The van der Waals surface area contributed by atoms with Crippen molar-refractivity contribution < 1.29 is 14.3 Å². The minimum Gasteiger partial charge on any atom is -0.465 e. The van der Waals surface area contributed by atoms with Crippen molar-refractivity contribution in [2.24, 2.45) is 0 Å². The highest BCUT2D eigenvalue weighted by molar-refractivity contribution is 7.16. The average molecular weight is 283 g/mol. The van der Waals surface area contributed by atoms with E-state index in [0.29, 0.717) is 30.1 Å². The van der Waals surface area contributed by atoms with Crippen LogP contribution in [0.1, 0.15) is 20.8 Å². The quantitative estimate of drug-likeness (QED) is 0.775. The Hall–Kier alpha value is -1.60. The van der Waals surface area contributed by atoms with Gasteiger partial charge in [0.1, 0.15) is 5.00 Å². The number of methoxy groups -OCH3 is 1. The summed E-state index contributed by atoms with van der Waals surface area (Å²) >= 11 is 1.40.